The molecule has 0 bridgehead atoms. The molecular weight excluding hydrogens is 316 g/mol. The van der Waals surface area contributed by atoms with Gasteiger partial charge in [-0.25, -0.2) is 4.98 Å². The van der Waals surface area contributed by atoms with Crippen LogP contribution in [0.15, 0.2) is 71.0 Å². The van der Waals surface area contributed by atoms with E-state index in [2.05, 4.69) is 35.7 Å². The molecule has 0 aliphatic rings. The van der Waals surface area contributed by atoms with Gasteiger partial charge in [-0.1, -0.05) is 36.4 Å². The Labute approximate surface area is 143 Å². The summed E-state index contributed by atoms with van der Waals surface area (Å²) in [5, 5.41) is 5.42. The number of hydrogen-bond donors (Lipinski definition) is 0. The highest BCUT2D eigenvalue weighted by Gasteiger charge is 2.07. The molecule has 0 aliphatic carbocycles. The molecule has 4 heteroatoms. The summed E-state index contributed by atoms with van der Waals surface area (Å²) in [6.07, 6.45) is 1.83. The SMILES string of the molecule is Cc1ccn(Cc2nc(-c3ccc4ccccc4c3)cs2)c(=O)c1. The molecule has 0 N–H and O–H groups in total. The fourth-order valence-corrected chi connectivity index (χ4v) is 3.55. The van der Waals surface area contributed by atoms with Crippen LogP contribution < -0.4 is 5.56 Å². The van der Waals surface area contributed by atoms with Crippen molar-refractivity contribution in [2.45, 2.75) is 13.5 Å². The molecule has 0 amide bonds. The molecule has 0 atom stereocenters. The molecule has 0 aliphatic heterocycles. The molecule has 0 unspecified atom stereocenters. The van der Waals surface area contributed by atoms with E-state index in [0.717, 1.165) is 21.8 Å². The second-order valence-electron chi connectivity index (χ2n) is 5.86. The second-order valence-corrected chi connectivity index (χ2v) is 6.80. The summed E-state index contributed by atoms with van der Waals surface area (Å²) in [5.41, 5.74) is 3.05. The molecule has 4 rings (SSSR count). The highest BCUT2D eigenvalue weighted by atomic mass is 32.1. The molecule has 2 aromatic carbocycles. The number of aromatic nitrogens is 2. The van der Waals surface area contributed by atoms with Crippen LogP contribution in [0, 0.1) is 6.92 Å². The predicted molar refractivity (Wildman–Crippen MR) is 99.6 cm³/mol. The van der Waals surface area contributed by atoms with Gasteiger partial charge in [0, 0.05) is 23.2 Å². The van der Waals surface area contributed by atoms with E-state index in [4.69, 9.17) is 4.98 Å². The van der Waals surface area contributed by atoms with E-state index in [-0.39, 0.29) is 5.56 Å². The summed E-state index contributed by atoms with van der Waals surface area (Å²) < 4.78 is 1.69. The van der Waals surface area contributed by atoms with Crippen LogP contribution >= 0.6 is 11.3 Å². The number of nitrogens with zero attached hydrogens (tertiary/aromatic N) is 2. The van der Waals surface area contributed by atoms with Crippen molar-refractivity contribution in [2.24, 2.45) is 0 Å². The Morgan fingerprint density at radius 1 is 1.04 bits per heavy atom. The Morgan fingerprint density at radius 2 is 1.88 bits per heavy atom. The second kappa shape index (κ2) is 6.06. The lowest BCUT2D eigenvalue weighted by Gasteiger charge is -2.03. The molecule has 0 radical (unpaired) electrons. The molecule has 3 nitrogen and oxygen atoms in total. The van der Waals surface area contributed by atoms with Gasteiger partial charge in [-0.05, 0) is 35.4 Å². The number of aryl methyl sites for hydroxylation is 1. The number of benzene rings is 2. The van der Waals surface area contributed by atoms with Crippen molar-refractivity contribution >= 4 is 22.1 Å². The van der Waals surface area contributed by atoms with Crippen molar-refractivity contribution in [1.29, 1.82) is 0 Å². The molecule has 0 saturated heterocycles. The Hall–Kier alpha value is -2.72. The maximum Gasteiger partial charge on any atom is 0.251 e. The van der Waals surface area contributed by atoms with Crippen LogP contribution in [0.2, 0.25) is 0 Å². The standard InChI is InChI=1S/C20H16N2OS/c1-14-8-9-22(20(23)10-14)12-19-21-18(13-24-19)17-7-6-15-4-2-3-5-16(15)11-17/h2-11,13H,12H2,1H3. The third kappa shape index (κ3) is 2.88. The third-order valence-electron chi connectivity index (χ3n) is 4.05. The van der Waals surface area contributed by atoms with E-state index < -0.39 is 0 Å². The van der Waals surface area contributed by atoms with Crippen molar-refractivity contribution < 1.29 is 0 Å². The molecule has 24 heavy (non-hydrogen) atoms. The number of pyridine rings is 1. The Balaban J connectivity index is 1.65. The van der Waals surface area contributed by atoms with Crippen LogP contribution in [0.3, 0.4) is 0 Å². The van der Waals surface area contributed by atoms with Crippen molar-refractivity contribution in [3.63, 3.8) is 0 Å². The van der Waals surface area contributed by atoms with Crippen molar-refractivity contribution in [1.82, 2.24) is 9.55 Å². The summed E-state index contributed by atoms with van der Waals surface area (Å²) in [5.74, 6) is 0. The molecule has 4 aromatic rings. The van der Waals surface area contributed by atoms with Crippen LogP contribution in [0.4, 0.5) is 0 Å². The van der Waals surface area contributed by atoms with Gasteiger partial charge in [-0.2, -0.15) is 0 Å². The molecular formula is C20H16N2OS. The normalized spacial score (nSPS) is 11.0. The molecule has 0 fully saturated rings. The van der Waals surface area contributed by atoms with Crippen molar-refractivity contribution in [2.75, 3.05) is 0 Å². The zero-order valence-electron chi connectivity index (χ0n) is 13.3. The van der Waals surface area contributed by atoms with Gasteiger partial charge in [-0.3, -0.25) is 4.79 Å². The smallest absolute Gasteiger partial charge is 0.251 e. The van der Waals surface area contributed by atoms with Gasteiger partial charge >= 0.3 is 0 Å². The lowest BCUT2D eigenvalue weighted by Crippen LogP contribution is -2.19. The first-order chi connectivity index (χ1) is 11.7. The van der Waals surface area contributed by atoms with Crippen molar-refractivity contribution in [3.8, 4) is 11.3 Å². The zero-order valence-corrected chi connectivity index (χ0v) is 14.1. The van der Waals surface area contributed by atoms with Gasteiger partial charge < -0.3 is 4.57 Å². The molecule has 2 aromatic heterocycles. The Morgan fingerprint density at radius 3 is 2.71 bits per heavy atom. The van der Waals surface area contributed by atoms with Crippen LogP contribution in [0.5, 0.6) is 0 Å². The van der Waals surface area contributed by atoms with Crippen molar-refractivity contribution in [3.05, 3.63) is 87.1 Å². The maximum atomic E-state index is 12.0. The molecule has 0 saturated carbocycles. The number of thiazole rings is 1. The monoisotopic (exact) mass is 332 g/mol. The topological polar surface area (TPSA) is 34.9 Å². The van der Waals surface area contributed by atoms with Crippen LogP contribution in [-0.2, 0) is 6.54 Å². The third-order valence-corrected chi connectivity index (χ3v) is 4.89. The highest BCUT2D eigenvalue weighted by molar-refractivity contribution is 7.09. The minimum atomic E-state index is 0.0115. The fourth-order valence-electron chi connectivity index (χ4n) is 2.75. The van der Waals surface area contributed by atoms with Gasteiger partial charge in [-0.15, -0.1) is 11.3 Å². The quantitative estimate of drug-likeness (QED) is 0.554. The summed E-state index contributed by atoms with van der Waals surface area (Å²) in [4.78, 5) is 16.7. The summed E-state index contributed by atoms with van der Waals surface area (Å²) in [7, 11) is 0. The number of hydrogen-bond acceptors (Lipinski definition) is 3. The van der Waals surface area contributed by atoms with E-state index in [1.165, 1.54) is 10.8 Å². The first-order valence-corrected chi connectivity index (χ1v) is 8.68. The predicted octanol–water partition coefficient (Wildman–Crippen LogP) is 4.48. The van der Waals surface area contributed by atoms with Gasteiger partial charge in [0.2, 0.25) is 0 Å². The van der Waals surface area contributed by atoms with E-state index in [1.54, 1.807) is 22.0 Å². The summed E-state index contributed by atoms with van der Waals surface area (Å²) >= 11 is 1.59. The summed E-state index contributed by atoms with van der Waals surface area (Å²) in [6.45, 7) is 2.43. The molecule has 118 valence electrons. The molecule has 0 spiro atoms. The maximum absolute atomic E-state index is 12.0. The zero-order chi connectivity index (χ0) is 16.5. The minimum Gasteiger partial charge on any atom is -0.309 e. The largest absolute Gasteiger partial charge is 0.309 e. The Bertz CT molecular complexity index is 1080. The van der Waals surface area contributed by atoms with Gasteiger partial charge in [0.15, 0.2) is 0 Å². The minimum absolute atomic E-state index is 0.0115. The van der Waals surface area contributed by atoms with Crippen LogP contribution in [-0.4, -0.2) is 9.55 Å². The van der Waals surface area contributed by atoms with E-state index in [0.29, 0.717) is 6.54 Å². The van der Waals surface area contributed by atoms with E-state index in [1.807, 2.05) is 31.3 Å². The van der Waals surface area contributed by atoms with Gasteiger partial charge in [0.1, 0.15) is 5.01 Å². The number of fused-ring (bicyclic) bond motifs is 1. The lowest BCUT2D eigenvalue weighted by molar-refractivity contribution is 0.752. The van der Waals surface area contributed by atoms with E-state index in [9.17, 15) is 4.79 Å². The average Bonchev–Trinajstić information content (AvgIpc) is 3.06. The van der Waals surface area contributed by atoms with Crippen LogP contribution in [0.25, 0.3) is 22.0 Å². The first kappa shape index (κ1) is 14.8. The molecule has 2 heterocycles. The van der Waals surface area contributed by atoms with E-state index >= 15 is 0 Å². The number of rotatable bonds is 3. The average molecular weight is 332 g/mol. The lowest BCUT2D eigenvalue weighted by atomic mass is 10.1. The highest BCUT2D eigenvalue weighted by Crippen LogP contribution is 2.26. The van der Waals surface area contributed by atoms with Gasteiger partial charge in [0.05, 0.1) is 12.2 Å². The van der Waals surface area contributed by atoms with Crippen LogP contribution in [0.1, 0.15) is 10.6 Å². The first-order valence-electron chi connectivity index (χ1n) is 7.80. The fraction of sp³-hybridized carbons (Fsp3) is 0.100. The Kier molecular flexibility index (Phi) is 3.75. The van der Waals surface area contributed by atoms with Gasteiger partial charge in [0.25, 0.3) is 5.56 Å². The summed E-state index contributed by atoms with van der Waals surface area (Å²) in [6, 6.07) is 18.3.